The number of nitrogens with zero attached hydrogens (tertiary/aromatic N) is 1. The number of carbonyl (C=O) groups is 1. The summed E-state index contributed by atoms with van der Waals surface area (Å²) in [6, 6.07) is 15.7. The standard InChI is InChI=1S/C22H23ClN2O/c1-2-7-20-22(12-14-24-15-13-22)17-9-4-6-11-19(17)25(20)21(26)16-8-3-5-10-18(16)23/h2-6,8-11,20,24H,1,7,12-15H2/t20-/m1/s1. The van der Waals surface area contributed by atoms with Crippen molar-refractivity contribution in [3.63, 3.8) is 0 Å². The van der Waals surface area contributed by atoms with Crippen LogP contribution in [0.4, 0.5) is 5.69 Å². The van der Waals surface area contributed by atoms with Crippen LogP contribution >= 0.6 is 11.6 Å². The second-order valence-electron chi connectivity index (χ2n) is 7.12. The Bertz CT molecular complexity index is 842. The predicted molar refractivity (Wildman–Crippen MR) is 107 cm³/mol. The van der Waals surface area contributed by atoms with Gasteiger partial charge >= 0.3 is 0 Å². The first-order valence-electron chi connectivity index (χ1n) is 9.18. The summed E-state index contributed by atoms with van der Waals surface area (Å²) in [5.41, 5.74) is 2.84. The molecule has 2 aromatic rings. The lowest BCUT2D eigenvalue weighted by atomic mass is 9.69. The monoisotopic (exact) mass is 366 g/mol. The van der Waals surface area contributed by atoms with Gasteiger partial charge in [-0.1, -0.05) is 48.0 Å². The lowest BCUT2D eigenvalue weighted by molar-refractivity contribution is 0.0964. The third kappa shape index (κ3) is 2.58. The fourth-order valence-electron chi connectivity index (χ4n) is 4.68. The number of fused-ring (bicyclic) bond motifs is 2. The third-order valence-corrected chi connectivity index (χ3v) is 6.19. The molecule has 1 saturated heterocycles. The van der Waals surface area contributed by atoms with E-state index in [1.807, 2.05) is 35.2 Å². The quantitative estimate of drug-likeness (QED) is 0.807. The van der Waals surface area contributed by atoms with Crippen LogP contribution in [-0.2, 0) is 5.41 Å². The van der Waals surface area contributed by atoms with Crippen LogP contribution in [0.2, 0.25) is 5.02 Å². The fraction of sp³-hybridized carbons (Fsp3) is 0.318. The number of anilines is 1. The normalized spacial score (nSPS) is 20.8. The Kier molecular flexibility index (Phi) is 4.60. The summed E-state index contributed by atoms with van der Waals surface area (Å²) < 4.78 is 0. The van der Waals surface area contributed by atoms with Gasteiger partial charge in [0.15, 0.2) is 0 Å². The van der Waals surface area contributed by atoms with Gasteiger partial charge in [0.25, 0.3) is 5.91 Å². The molecule has 0 unspecified atom stereocenters. The minimum absolute atomic E-state index is 0.0209. The second kappa shape index (κ2) is 6.90. The predicted octanol–water partition coefficient (Wildman–Crippen LogP) is 4.57. The zero-order chi connectivity index (χ0) is 18.1. The number of hydrogen-bond donors (Lipinski definition) is 1. The van der Waals surface area contributed by atoms with E-state index in [2.05, 4.69) is 30.1 Å². The smallest absolute Gasteiger partial charge is 0.260 e. The Morgan fingerprint density at radius 1 is 1.19 bits per heavy atom. The molecule has 4 rings (SSSR count). The van der Waals surface area contributed by atoms with Crippen molar-refractivity contribution in [3.05, 3.63) is 77.3 Å². The Balaban J connectivity index is 1.86. The number of carbonyl (C=O) groups excluding carboxylic acids is 1. The molecule has 2 heterocycles. The molecule has 0 aliphatic carbocycles. The van der Waals surface area contributed by atoms with Gasteiger partial charge in [-0.05, 0) is 56.1 Å². The molecule has 0 saturated carbocycles. The summed E-state index contributed by atoms with van der Waals surface area (Å²) in [5.74, 6) is -0.0229. The molecule has 1 fully saturated rings. The maximum Gasteiger partial charge on any atom is 0.260 e. The first kappa shape index (κ1) is 17.3. The lowest BCUT2D eigenvalue weighted by Crippen LogP contribution is -2.51. The van der Waals surface area contributed by atoms with E-state index in [0.29, 0.717) is 10.6 Å². The average Bonchev–Trinajstić information content (AvgIpc) is 2.93. The molecule has 26 heavy (non-hydrogen) atoms. The molecule has 2 aliphatic heterocycles. The summed E-state index contributed by atoms with van der Waals surface area (Å²) in [6.45, 7) is 5.91. The van der Waals surface area contributed by atoms with Gasteiger partial charge in [0.1, 0.15) is 0 Å². The molecular formula is C22H23ClN2O. The molecule has 0 aromatic heterocycles. The van der Waals surface area contributed by atoms with Crippen LogP contribution < -0.4 is 10.2 Å². The zero-order valence-corrected chi connectivity index (χ0v) is 15.5. The minimum atomic E-state index is -0.0229. The van der Waals surface area contributed by atoms with Crippen LogP contribution in [0.1, 0.15) is 35.2 Å². The topological polar surface area (TPSA) is 32.3 Å². The number of amides is 1. The molecule has 2 aliphatic rings. The Morgan fingerprint density at radius 2 is 1.88 bits per heavy atom. The molecule has 3 nitrogen and oxygen atoms in total. The van der Waals surface area contributed by atoms with Gasteiger partial charge < -0.3 is 10.2 Å². The van der Waals surface area contributed by atoms with E-state index >= 15 is 0 Å². The van der Waals surface area contributed by atoms with Crippen molar-refractivity contribution in [2.75, 3.05) is 18.0 Å². The number of benzene rings is 2. The molecule has 134 valence electrons. The Hall–Kier alpha value is -2.10. The van der Waals surface area contributed by atoms with Crippen molar-refractivity contribution in [1.82, 2.24) is 5.32 Å². The van der Waals surface area contributed by atoms with Gasteiger partial charge in [-0.25, -0.2) is 0 Å². The van der Waals surface area contributed by atoms with E-state index in [0.717, 1.165) is 38.0 Å². The molecule has 0 bridgehead atoms. The number of hydrogen-bond acceptors (Lipinski definition) is 2. The molecular weight excluding hydrogens is 344 g/mol. The maximum atomic E-state index is 13.5. The second-order valence-corrected chi connectivity index (χ2v) is 7.53. The lowest BCUT2D eigenvalue weighted by Gasteiger charge is -2.41. The number of para-hydroxylation sites is 1. The summed E-state index contributed by atoms with van der Waals surface area (Å²) in [5, 5.41) is 3.96. The van der Waals surface area contributed by atoms with Crippen LogP contribution in [-0.4, -0.2) is 25.0 Å². The van der Waals surface area contributed by atoms with Crippen molar-refractivity contribution >= 4 is 23.2 Å². The van der Waals surface area contributed by atoms with E-state index in [1.54, 1.807) is 6.07 Å². The highest BCUT2D eigenvalue weighted by atomic mass is 35.5. The Morgan fingerprint density at radius 3 is 2.62 bits per heavy atom. The van der Waals surface area contributed by atoms with Crippen LogP contribution in [0.3, 0.4) is 0 Å². The van der Waals surface area contributed by atoms with E-state index in [1.165, 1.54) is 5.56 Å². The van der Waals surface area contributed by atoms with Gasteiger partial charge in [0.2, 0.25) is 0 Å². The first-order valence-corrected chi connectivity index (χ1v) is 9.56. The maximum absolute atomic E-state index is 13.5. The van der Waals surface area contributed by atoms with Gasteiger partial charge in [-0.15, -0.1) is 6.58 Å². The molecule has 0 radical (unpaired) electrons. The van der Waals surface area contributed by atoms with Crippen molar-refractivity contribution in [2.45, 2.75) is 30.7 Å². The van der Waals surface area contributed by atoms with E-state index in [9.17, 15) is 4.79 Å². The van der Waals surface area contributed by atoms with Crippen LogP contribution in [0.5, 0.6) is 0 Å². The fourth-order valence-corrected chi connectivity index (χ4v) is 4.90. The zero-order valence-electron chi connectivity index (χ0n) is 14.7. The van der Waals surface area contributed by atoms with Gasteiger partial charge in [-0.2, -0.15) is 0 Å². The third-order valence-electron chi connectivity index (χ3n) is 5.86. The van der Waals surface area contributed by atoms with E-state index < -0.39 is 0 Å². The molecule has 4 heteroatoms. The largest absolute Gasteiger partial charge is 0.317 e. The van der Waals surface area contributed by atoms with E-state index in [-0.39, 0.29) is 17.4 Å². The summed E-state index contributed by atoms with van der Waals surface area (Å²) in [6.07, 6.45) is 4.75. The Labute approximate surface area is 159 Å². The first-order chi connectivity index (χ1) is 12.7. The van der Waals surface area contributed by atoms with Crippen molar-refractivity contribution in [3.8, 4) is 0 Å². The molecule has 1 spiro atoms. The van der Waals surface area contributed by atoms with Crippen molar-refractivity contribution in [2.24, 2.45) is 0 Å². The number of nitrogens with one attached hydrogen (secondary N) is 1. The minimum Gasteiger partial charge on any atom is -0.317 e. The van der Waals surface area contributed by atoms with Crippen molar-refractivity contribution < 1.29 is 4.79 Å². The van der Waals surface area contributed by atoms with Crippen LogP contribution in [0, 0.1) is 0 Å². The van der Waals surface area contributed by atoms with Crippen molar-refractivity contribution in [1.29, 1.82) is 0 Å². The molecule has 1 atom stereocenters. The number of piperidine rings is 1. The number of halogens is 1. The summed E-state index contributed by atoms with van der Waals surface area (Å²) >= 11 is 6.35. The highest BCUT2D eigenvalue weighted by Gasteiger charge is 2.52. The number of rotatable bonds is 3. The van der Waals surface area contributed by atoms with Gasteiger partial charge in [0.05, 0.1) is 16.6 Å². The molecule has 1 N–H and O–H groups in total. The SMILES string of the molecule is C=CC[C@H]1N(C(=O)c2ccccc2Cl)c2ccccc2C12CCNCC2. The van der Waals surface area contributed by atoms with Crippen LogP contribution in [0.15, 0.2) is 61.2 Å². The summed E-state index contributed by atoms with van der Waals surface area (Å²) in [4.78, 5) is 15.5. The highest BCUT2D eigenvalue weighted by Crippen LogP contribution is 2.52. The van der Waals surface area contributed by atoms with Crippen LogP contribution in [0.25, 0.3) is 0 Å². The van der Waals surface area contributed by atoms with Gasteiger partial charge in [-0.3, -0.25) is 4.79 Å². The average molecular weight is 367 g/mol. The molecule has 2 aromatic carbocycles. The highest BCUT2D eigenvalue weighted by molar-refractivity contribution is 6.34. The summed E-state index contributed by atoms with van der Waals surface area (Å²) in [7, 11) is 0. The molecule has 1 amide bonds. The van der Waals surface area contributed by atoms with Gasteiger partial charge in [0, 0.05) is 11.1 Å². The van der Waals surface area contributed by atoms with E-state index in [4.69, 9.17) is 11.6 Å².